The van der Waals surface area contributed by atoms with Gasteiger partial charge in [0.25, 0.3) is 5.91 Å². The third kappa shape index (κ3) is 3.84. The molecule has 1 heterocycles. The number of imidazole rings is 1. The average Bonchev–Trinajstić information content (AvgIpc) is 2.91. The second-order valence-corrected chi connectivity index (χ2v) is 4.48. The zero-order chi connectivity index (χ0) is 15.2. The third-order valence-corrected chi connectivity index (χ3v) is 2.83. The van der Waals surface area contributed by atoms with Gasteiger partial charge in [0.05, 0.1) is 0 Å². The quantitative estimate of drug-likeness (QED) is 0.709. The molecule has 2 rings (SSSR count). The molecule has 0 saturated carbocycles. The minimum absolute atomic E-state index is 0.191. The maximum absolute atomic E-state index is 12.1. The smallest absolute Gasteiger partial charge is 0.323 e. The number of carbonyl (C=O) groups excluding carboxylic acids is 1. The highest BCUT2D eigenvalue weighted by Gasteiger charge is 2.13. The van der Waals surface area contributed by atoms with E-state index < -0.39 is 5.69 Å². The highest BCUT2D eigenvalue weighted by molar-refractivity contribution is 5.91. The van der Waals surface area contributed by atoms with E-state index in [9.17, 15) is 9.59 Å². The van der Waals surface area contributed by atoms with Crippen LogP contribution in [-0.4, -0.2) is 39.5 Å². The van der Waals surface area contributed by atoms with E-state index in [2.05, 4.69) is 21.8 Å². The van der Waals surface area contributed by atoms with Crippen molar-refractivity contribution < 1.29 is 9.90 Å². The number of rotatable bonds is 3. The molecule has 1 aromatic heterocycles. The van der Waals surface area contributed by atoms with Crippen molar-refractivity contribution in [1.29, 1.82) is 0 Å². The van der Waals surface area contributed by atoms with Crippen molar-refractivity contribution in [2.24, 2.45) is 0 Å². The molecule has 0 saturated heterocycles. The van der Waals surface area contributed by atoms with Gasteiger partial charge in [-0.05, 0) is 17.7 Å². The van der Waals surface area contributed by atoms with Gasteiger partial charge in [-0.15, -0.1) is 0 Å². The summed E-state index contributed by atoms with van der Waals surface area (Å²) in [6.07, 6.45) is 1.35. The van der Waals surface area contributed by atoms with Gasteiger partial charge < -0.3 is 20.0 Å². The summed E-state index contributed by atoms with van der Waals surface area (Å²) in [7, 11) is 1.65. The van der Waals surface area contributed by atoms with Crippen LogP contribution in [0, 0.1) is 11.8 Å². The van der Waals surface area contributed by atoms with E-state index in [0.717, 1.165) is 11.1 Å². The number of hydrogen-bond donors (Lipinski definition) is 3. The van der Waals surface area contributed by atoms with Crippen molar-refractivity contribution in [2.75, 3.05) is 13.7 Å². The number of carbonyl (C=O) groups is 1. The van der Waals surface area contributed by atoms with Crippen LogP contribution in [0.15, 0.2) is 35.3 Å². The normalized spacial score (nSPS) is 9.81. The maximum atomic E-state index is 12.1. The first-order chi connectivity index (χ1) is 10.1. The van der Waals surface area contributed by atoms with E-state index in [1.165, 1.54) is 11.1 Å². The van der Waals surface area contributed by atoms with Gasteiger partial charge in [-0.25, -0.2) is 4.79 Å². The lowest BCUT2D eigenvalue weighted by Crippen LogP contribution is -2.27. The van der Waals surface area contributed by atoms with Crippen LogP contribution >= 0.6 is 0 Å². The van der Waals surface area contributed by atoms with E-state index in [4.69, 9.17) is 5.11 Å². The zero-order valence-corrected chi connectivity index (χ0v) is 11.5. The van der Waals surface area contributed by atoms with Gasteiger partial charge >= 0.3 is 5.69 Å². The van der Waals surface area contributed by atoms with Crippen LogP contribution in [0.2, 0.25) is 0 Å². The molecule has 6 heteroatoms. The van der Waals surface area contributed by atoms with Crippen molar-refractivity contribution >= 4 is 5.91 Å². The number of benzene rings is 1. The lowest BCUT2D eigenvalue weighted by Gasteiger charge is -2.16. The molecule has 0 bridgehead atoms. The molecule has 0 aliphatic rings. The van der Waals surface area contributed by atoms with Crippen LogP contribution in [0.1, 0.15) is 21.6 Å². The molecule has 0 unspecified atom stereocenters. The number of H-pyrrole nitrogens is 2. The van der Waals surface area contributed by atoms with Crippen molar-refractivity contribution in [2.45, 2.75) is 6.54 Å². The zero-order valence-electron chi connectivity index (χ0n) is 11.5. The summed E-state index contributed by atoms with van der Waals surface area (Å²) in [6, 6.07) is 7.41. The minimum Gasteiger partial charge on any atom is -0.384 e. The minimum atomic E-state index is -0.409. The number of hydrogen-bond acceptors (Lipinski definition) is 3. The van der Waals surface area contributed by atoms with Gasteiger partial charge in [0, 0.05) is 25.4 Å². The molecule has 2 aromatic rings. The van der Waals surface area contributed by atoms with E-state index in [1.807, 2.05) is 24.3 Å². The van der Waals surface area contributed by atoms with E-state index in [0.29, 0.717) is 6.54 Å². The van der Waals surface area contributed by atoms with E-state index >= 15 is 0 Å². The second-order valence-electron chi connectivity index (χ2n) is 4.48. The molecule has 0 aliphatic carbocycles. The molecule has 0 spiro atoms. The molecule has 0 aliphatic heterocycles. The molecule has 21 heavy (non-hydrogen) atoms. The lowest BCUT2D eigenvalue weighted by atomic mass is 10.1. The Morgan fingerprint density at radius 1 is 1.43 bits per heavy atom. The highest BCUT2D eigenvalue weighted by atomic mass is 16.2. The number of aromatic amines is 2. The summed E-state index contributed by atoms with van der Waals surface area (Å²) >= 11 is 0. The molecular formula is C15H15N3O3. The SMILES string of the molecule is CN(Cc1cccc(C#CCO)c1)C(=O)c1c[nH]c(=O)[nH]1. The first kappa shape index (κ1) is 14.6. The predicted octanol–water partition coefficient (Wildman–Crippen LogP) is 0.319. The third-order valence-electron chi connectivity index (χ3n) is 2.83. The Morgan fingerprint density at radius 2 is 2.24 bits per heavy atom. The van der Waals surface area contributed by atoms with Crippen LogP contribution in [0.4, 0.5) is 0 Å². The van der Waals surface area contributed by atoms with Gasteiger partial charge in [0.2, 0.25) is 0 Å². The second kappa shape index (κ2) is 6.59. The number of aliphatic hydroxyl groups is 1. The molecule has 0 atom stereocenters. The largest absolute Gasteiger partial charge is 0.384 e. The van der Waals surface area contributed by atoms with Gasteiger partial charge in [-0.3, -0.25) is 4.79 Å². The number of amides is 1. The Labute approximate surface area is 121 Å². The van der Waals surface area contributed by atoms with Gasteiger partial charge in [0.1, 0.15) is 12.3 Å². The molecule has 1 amide bonds. The van der Waals surface area contributed by atoms with E-state index in [-0.39, 0.29) is 18.2 Å². The fourth-order valence-electron chi connectivity index (χ4n) is 1.89. The van der Waals surface area contributed by atoms with Crippen molar-refractivity contribution in [3.8, 4) is 11.8 Å². The molecule has 108 valence electrons. The lowest BCUT2D eigenvalue weighted by molar-refractivity contribution is 0.0779. The summed E-state index contributed by atoms with van der Waals surface area (Å²) in [5, 5.41) is 8.68. The molecular weight excluding hydrogens is 270 g/mol. The number of nitrogens with one attached hydrogen (secondary N) is 2. The van der Waals surface area contributed by atoms with Crippen LogP contribution in [0.5, 0.6) is 0 Å². The Hall–Kier alpha value is -2.78. The summed E-state index contributed by atoms with van der Waals surface area (Å²) in [6.45, 7) is 0.199. The van der Waals surface area contributed by atoms with Gasteiger partial charge in [-0.2, -0.15) is 0 Å². The Balaban J connectivity index is 2.10. The number of aromatic nitrogens is 2. The van der Waals surface area contributed by atoms with Crippen LogP contribution in [-0.2, 0) is 6.54 Å². The summed E-state index contributed by atoms with van der Waals surface area (Å²) in [5.41, 5.74) is 1.50. The van der Waals surface area contributed by atoms with Crippen LogP contribution in [0.3, 0.4) is 0 Å². The topological polar surface area (TPSA) is 89.2 Å². The number of nitrogens with zero attached hydrogens (tertiary/aromatic N) is 1. The van der Waals surface area contributed by atoms with Crippen molar-refractivity contribution in [1.82, 2.24) is 14.9 Å². The maximum Gasteiger partial charge on any atom is 0.323 e. The summed E-state index contributed by atoms with van der Waals surface area (Å²) in [4.78, 5) is 29.4. The first-order valence-corrected chi connectivity index (χ1v) is 6.32. The van der Waals surface area contributed by atoms with Crippen molar-refractivity contribution in [3.63, 3.8) is 0 Å². The standard InChI is InChI=1S/C15H15N3O3/c1-18(14(20)13-9-16-15(21)17-13)10-12-5-2-4-11(8-12)6-3-7-19/h2,4-5,8-9,19H,7,10H2,1H3,(H2,16,17,21). The molecule has 1 aromatic carbocycles. The molecule has 3 N–H and O–H groups in total. The summed E-state index contributed by atoms with van der Waals surface area (Å²) < 4.78 is 0. The Morgan fingerprint density at radius 3 is 2.90 bits per heavy atom. The Bertz CT molecular complexity index is 749. The predicted molar refractivity (Wildman–Crippen MR) is 77.6 cm³/mol. The van der Waals surface area contributed by atoms with Crippen LogP contribution in [0.25, 0.3) is 0 Å². The summed E-state index contributed by atoms with van der Waals surface area (Å²) in [5.74, 6) is 5.12. The highest BCUT2D eigenvalue weighted by Crippen LogP contribution is 2.08. The van der Waals surface area contributed by atoms with Gasteiger partial charge in [0.15, 0.2) is 0 Å². The average molecular weight is 285 g/mol. The monoisotopic (exact) mass is 285 g/mol. The molecule has 0 radical (unpaired) electrons. The fraction of sp³-hybridized carbons (Fsp3) is 0.200. The fourth-order valence-corrected chi connectivity index (χ4v) is 1.89. The first-order valence-electron chi connectivity index (χ1n) is 6.32. The molecule has 0 fully saturated rings. The van der Waals surface area contributed by atoms with Crippen molar-refractivity contribution in [3.05, 3.63) is 57.8 Å². The van der Waals surface area contributed by atoms with E-state index in [1.54, 1.807) is 7.05 Å². The molecule has 6 nitrogen and oxygen atoms in total. The number of aliphatic hydroxyl groups excluding tert-OH is 1. The van der Waals surface area contributed by atoms with Gasteiger partial charge in [-0.1, -0.05) is 24.0 Å². The van der Waals surface area contributed by atoms with Crippen LogP contribution < -0.4 is 5.69 Å². The Kier molecular flexibility index (Phi) is 4.59.